The van der Waals surface area contributed by atoms with Crippen LogP contribution < -0.4 is 5.32 Å². The van der Waals surface area contributed by atoms with Gasteiger partial charge in [-0.3, -0.25) is 24.0 Å². The average molecular weight is 592 g/mol. The molecule has 0 saturated carbocycles. The smallest absolute Gasteiger partial charge is 0.408 e. The van der Waals surface area contributed by atoms with Gasteiger partial charge >= 0.3 is 24.0 Å². The molecule has 0 radical (unpaired) electrons. The highest BCUT2D eigenvalue weighted by Crippen LogP contribution is 2.19. The first-order valence-corrected chi connectivity index (χ1v) is 13.6. The van der Waals surface area contributed by atoms with Gasteiger partial charge in [-0.2, -0.15) is 0 Å². The highest BCUT2D eigenvalue weighted by Gasteiger charge is 2.43. The molecule has 1 saturated heterocycles. The quantitative estimate of drug-likeness (QED) is 0.315. The largest absolute Gasteiger partial charge is 0.469 e. The number of nitrogens with zero attached hydrogens (tertiary/aromatic N) is 2. The molecule has 0 bridgehead atoms. The van der Waals surface area contributed by atoms with Gasteiger partial charge in [0.1, 0.15) is 36.4 Å². The number of benzene rings is 1. The van der Waals surface area contributed by atoms with Crippen LogP contribution in [-0.4, -0.2) is 95.6 Å². The average Bonchev–Trinajstić information content (AvgIpc) is 2.87. The van der Waals surface area contributed by atoms with Crippen molar-refractivity contribution in [3.05, 3.63) is 35.9 Å². The zero-order valence-corrected chi connectivity index (χ0v) is 25.3. The van der Waals surface area contributed by atoms with Gasteiger partial charge < -0.3 is 34.1 Å². The van der Waals surface area contributed by atoms with Crippen LogP contribution in [0, 0.1) is 0 Å². The van der Waals surface area contributed by atoms with Crippen molar-refractivity contribution >= 4 is 35.8 Å². The van der Waals surface area contributed by atoms with E-state index < -0.39 is 71.9 Å². The highest BCUT2D eigenvalue weighted by atomic mass is 16.6. The van der Waals surface area contributed by atoms with Gasteiger partial charge in [0.25, 0.3) is 0 Å². The maximum atomic E-state index is 13.8. The van der Waals surface area contributed by atoms with Crippen molar-refractivity contribution < 1.29 is 47.7 Å². The van der Waals surface area contributed by atoms with Crippen LogP contribution in [0.4, 0.5) is 4.79 Å². The fourth-order valence-electron chi connectivity index (χ4n) is 4.04. The monoisotopic (exact) mass is 591 g/mol. The fourth-order valence-corrected chi connectivity index (χ4v) is 4.04. The van der Waals surface area contributed by atoms with Crippen LogP contribution in [0.5, 0.6) is 0 Å². The first-order chi connectivity index (χ1) is 19.5. The van der Waals surface area contributed by atoms with Crippen molar-refractivity contribution in [1.29, 1.82) is 0 Å². The molecule has 1 heterocycles. The zero-order valence-electron chi connectivity index (χ0n) is 25.3. The maximum Gasteiger partial charge on any atom is 0.408 e. The Labute approximate surface area is 245 Å². The minimum Gasteiger partial charge on any atom is -0.469 e. The van der Waals surface area contributed by atoms with Gasteiger partial charge in [0.2, 0.25) is 11.8 Å². The summed E-state index contributed by atoms with van der Waals surface area (Å²) >= 11 is 0. The molecule has 3 amide bonds. The third kappa shape index (κ3) is 11.4. The molecule has 0 aliphatic carbocycles. The highest BCUT2D eigenvalue weighted by molar-refractivity contribution is 5.96. The molecule has 2 atom stereocenters. The topological polar surface area (TPSA) is 158 Å². The van der Waals surface area contributed by atoms with E-state index in [1.807, 2.05) is 6.07 Å². The molecule has 13 nitrogen and oxygen atoms in total. The standard InChI is InChI=1S/C29H41N3O10/c1-28(2,3)41-24(35)17-31-13-14-32(21(26(31)37)16-22(33)39-7)25(36)20(30-27(38)42-29(4,5)6)15-23(34)40-18-19-11-9-8-10-12-19/h8-12,20-21H,13-18H2,1-7H3,(H,30,38)/t20-,21+/m1/s1. The Bertz CT molecular complexity index is 1140. The van der Waals surface area contributed by atoms with E-state index in [4.69, 9.17) is 18.9 Å². The Hall–Kier alpha value is -4.16. The molecular formula is C29H41N3O10. The lowest BCUT2D eigenvalue weighted by Crippen LogP contribution is -2.63. The second kappa shape index (κ2) is 14.6. The predicted molar refractivity (Wildman–Crippen MR) is 149 cm³/mol. The molecule has 1 aliphatic rings. The van der Waals surface area contributed by atoms with Crippen molar-refractivity contribution in [2.24, 2.45) is 0 Å². The normalized spacial score (nSPS) is 16.3. The molecule has 42 heavy (non-hydrogen) atoms. The van der Waals surface area contributed by atoms with Gasteiger partial charge in [0, 0.05) is 13.1 Å². The SMILES string of the molecule is COC(=O)C[C@H]1C(=O)N(CC(=O)OC(C)(C)C)CCN1C(=O)[C@@H](CC(=O)OCc1ccccc1)NC(=O)OC(C)(C)C. The van der Waals surface area contributed by atoms with Crippen LogP contribution in [0.3, 0.4) is 0 Å². The number of hydrogen-bond donors (Lipinski definition) is 1. The van der Waals surface area contributed by atoms with Crippen molar-refractivity contribution in [3.8, 4) is 0 Å². The minimum absolute atomic E-state index is 0.0557. The Morgan fingerprint density at radius 3 is 2.10 bits per heavy atom. The van der Waals surface area contributed by atoms with Crippen LogP contribution >= 0.6 is 0 Å². The number of rotatable bonds is 10. The molecule has 1 fully saturated rings. The Balaban J connectivity index is 2.27. The van der Waals surface area contributed by atoms with E-state index in [2.05, 4.69) is 5.32 Å². The van der Waals surface area contributed by atoms with E-state index in [1.54, 1.807) is 65.8 Å². The van der Waals surface area contributed by atoms with Crippen LogP contribution in [0.1, 0.15) is 59.9 Å². The summed E-state index contributed by atoms with van der Waals surface area (Å²) in [5, 5.41) is 2.40. The fraction of sp³-hybridized carbons (Fsp3) is 0.586. The molecule has 1 aliphatic heterocycles. The van der Waals surface area contributed by atoms with E-state index in [9.17, 15) is 28.8 Å². The second-order valence-electron chi connectivity index (χ2n) is 11.7. The summed E-state index contributed by atoms with van der Waals surface area (Å²) in [5.41, 5.74) is -0.958. The lowest BCUT2D eigenvalue weighted by Gasteiger charge is -2.41. The summed E-state index contributed by atoms with van der Waals surface area (Å²) in [6.07, 6.45) is -2.04. The van der Waals surface area contributed by atoms with Gasteiger partial charge in [-0.15, -0.1) is 0 Å². The first kappa shape index (κ1) is 34.0. The third-order valence-corrected chi connectivity index (χ3v) is 5.80. The predicted octanol–water partition coefficient (Wildman–Crippen LogP) is 1.96. The van der Waals surface area contributed by atoms with Gasteiger partial charge in [-0.1, -0.05) is 30.3 Å². The molecule has 2 rings (SSSR count). The van der Waals surface area contributed by atoms with Crippen molar-refractivity contribution in [2.75, 3.05) is 26.7 Å². The molecule has 0 aromatic heterocycles. The summed E-state index contributed by atoms with van der Waals surface area (Å²) in [6, 6.07) is 6.05. The molecular weight excluding hydrogens is 550 g/mol. The summed E-state index contributed by atoms with van der Waals surface area (Å²) in [5.74, 6) is -3.71. The molecule has 0 spiro atoms. The number of alkyl carbamates (subject to hydrolysis) is 1. The zero-order chi connectivity index (χ0) is 31.7. The van der Waals surface area contributed by atoms with Gasteiger partial charge in [0.05, 0.1) is 20.0 Å². The van der Waals surface area contributed by atoms with Crippen molar-refractivity contribution in [3.63, 3.8) is 0 Å². The molecule has 1 aromatic rings. The van der Waals surface area contributed by atoms with Gasteiger partial charge in [-0.05, 0) is 47.1 Å². The summed E-state index contributed by atoms with van der Waals surface area (Å²) in [4.78, 5) is 79.5. The number of amides is 3. The Kier molecular flexibility index (Phi) is 11.9. The Morgan fingerprint density at radius 1 is 0.905 bits per heavy atom. The number of carbonyl (C=O) groups excluding carboxylic acids is 6. The van der Waals surface area contributed by atoms with E-state index in [0.29, 0.717) is 0 Å². The number of methoxy groups -OCH3 is 1. The second-order valence-corrected chi connectivity index (χ2v) is 11.7. The lowest BCUT2D eigenvalue weighted by atomic mass is 10.0. The molecule has 0 unspecified atom stereocenters. The number of ether oxygens (including phenoxy) is 4. The minimum atomic E-state index is -1.48. The number of piperazine rings is 1. The van der Waals surface area contributed by atoms with Gasteiger partial charge in [0.15, 0.2) is 0 Å². The van der Waals surface area contributed by atoms with Crippen molar-refractivity contribution in [1.82, 2.24) is 15.1 Å². The number of nitrogens with one attached hydrogen (secondary N) is 1. The lowest BCUT2D eigenvalue weighted by molar-refractivity contribution is -0.165. The molecule has 1 aromatic carbocycles. The number of hydrogen-bond acceptors (Lipinski definition) is 10. The number of esters is 3. The number of carbonyl (C=O) groups is 6. The van der Waals surface area contributed by atoms with E-state index >= 15 is 0 Å². The van der Waals surface area contributed by atoms with Crippen LogP contribution in [0.15, 0.2) is 30.3 Å². The first-order valence-electron chi connectivity index (χ1n) is 13.6. The summed E-state index contributed by atoms with van der Waals surface area (Å²) < 4.78 is 20.6. The van der Waals surface area contributed by atoms with Crippen molar-refractivity contribution in [2.45, 2.75) is 84.3 Å². The summed E-state index contributed by atoms with van der Waals surface area (Å²) in [7, 11) is 1.13. The third-order valence-electron chi connectivity index (χ3n) is 5.80. The molecule has 1 N–H and O–H groups in total. The van der Waals surface area contributed by atoms with Crippen LogP contribution in [-0.2, 0) is 49.5 Å². The van der Waals surface area contributed by atoms with Gasteiger partial charge in [-0.25, -0.2) is 4.79 Å². The summed E-state index contributed by atoms with van der Waals surface area (Å²) in [6.45, 7) is 9.36. The molecule has 13 heteroatoms. The Morgan fingerprint density at radius 2 is 1.52 bits per heavy atom. The van der Waals surface area contributed by atoms with E-state index in [1.165, 1.54) is 4.90 Å². The van der Waals surface area contributed by atoms with Crippen LogP contribution in [0.25, 0.3) is 0 Å². The van der Waals surface area contributed by atoms with Crippen LogP contribution in [0.2, 0.25) is 0 Å². The van der Waals surface area contributed by atoms with E-state index in [-0.39, 0.29) is 26.2 Å². The maximum absolute atomic E-state index is 13.8. The van der Waals surface area contributed by atoms with E-state index in [0.717, 1.165) is 17.6 Å². The molecule has 232 valence electrons.